The van der Waals surface area contributed by atoms with Crippen LogP contribution in [0.15, 0.2) is 12.5 Å². The molecule has 4 rings (SSSR count). The van der Waals surface area contributed by atoms with Gasteiger partial charge in [-0.25, -0.2) is 9.97 Å². The Hall–Kier alpha value is -0.930. The number of ether oxygens (including phenoxy) is 1. The number of hydrogen-bond donors (Lipinski definition) is 0. The highest BCUT2D eigenvalue weighted by Crippen LogP contribution is 2.38. The van der Waals surface area contributed by atoms with Crippen LogP contribution in [0, 0.1) is 9.49 Å². The summed E-state index contributed by atoms with van der Waals surface area (Å²) in [6.45, 7) is 1.33. The Morgan fingerprint density at radius 1 is 1.28 bits per heavy atom. The Morgan fingerprint density at radius 3 is 2.80 bits per heavy atom. The van der Waals surface area contributed by atoms with Crippen LogP contribution in [0.1, 0.15) is 31.7 Å². The fourth-order valence-corrected chi connectivity index (χ4v) is 5.20. The second-order valence-electron chi connectivity index (χ2n) is 6.87. The summed E-state index contributed by atoms with van der Waals surface area (Å²) in [5, 5.41) is 1.44. The normalized spacial score (nSPS) is 27.9. The van der Waals surface area contributed by atoms with Gasteiger partial charge in [0.25, 0.3) is 5.91 Å². The first-order valence-corrected chi connectivity index (χ1v) is 10.0. The van der Waals surface area contributed by atoms with E-state index >= 15 is 0 Å². The molecule has 1 amide bonds. The maximum Gasteiger partial charge on any atom is 0.251 e. The number of fused-ring (bicyclic) bond motifs is 1. The van der Waals surface area contributed by atoms with E-state index in [1.165, 1.54) is 6.33 Å². The number of nitrogens with zero attached hydrogens (tertiary/aromatic N) is 4. The number of hydrogen-bond acceptors (Lipinski definition) is 4. The Morgan fingerprint density at radius 2 is 2.04 bits per heavy atom. The Kier molecular flexibility index (Phi) is 4.89. The first-order chi connectivity index (χ1) is 12.1. The smallest absolute Gasteiger partial charge is 0.251 e. The van der Waals surface area contributed by atoms with E-state index in [0.29, 0.717) is 30.3 Å². The Bertz CT molecular complexity index is 803. The fraction of sp³-hybridized carbons (Fsp3) is 0.588. The van der Waals surface area contributed by atoms with E-state index in [2.05, 4.69) is 43.3 Å². The van der Waals surface area contributed by atoms with Gasteiger partial charge < -0.3 is 14.2 Å². The molecule has 1 saturated carbocycles. The number of halogens is 2. The molecule has 1 aliphatic carbocycles. The predicted octanol–water partition coefficient (Wildman–Crippen LogP) is 3.28. The molecule has 0 aromatic carbocycles. The third-order valence-corrected chi connectivity index (χ3v) is 6.53. The molecule has 3 heterocycles. The molecule has 1 saturated heterocycles. The van der Waals surface area contributed by atoms with Crippen molar-refractivity contribution in [2.45, 2.75) is 37.8 Å². The Balaban J connectivity index is 1.51. The summed E-state index contributed by atoms with van der Waals surface area (Å²) in [7, 11) is 1.86. The van der Waals surface area contributed by atoms with Crippen molar-refractivity contribution in [2.24, 2.45) is 5.92 Å². The zero-order valence-electron chi connectivity index (χ0n) is 14.0. The van der Waals surface area contributed by atoms with E-state index in [9.17, 15) is 4.79 Å². The number of amides is 1. The predicted molar refractivity (Wildman–Crippen MR) is 104 cm³/mol. The highest BCUT2D eigenvalue weighted by molar-refractivity contribution is 14.1. The molecule has 1 aliphatic heterocycles. The molecule has 134 valence electrons. The SMILES string of the molecule is CN1CCOC(C2CCC(n3cc(I)c4c(Cl)ncnc43)CC2)C1=O. The maximum atomic E-state index is 12.4. The van der Waals surface area contributed by atoms with Crippen molar-refractivity contribution in [2.75, 3.05) is 20.2 Å². The van der Waals surface area contributed by atoms with Gasteiger partial charge in [-0.15, -0.1) is 0 Å². The van der Waals surface area contributed by atoms with Crippen LogP contribution < -0.4 is 0 Å². The number of rotatable bonds is 2. The zero-order chi connectivity index (χ0) is 17.6. The lowest BCUT2D eigenvalue weighted by Crippen LogP contribution is -2.49. The summed E-state index contributed by atoms with van der Waals surface area (Å²) >= 11 is 8.53. The largest absolute Gasteiger partial charge is 0.366 e. The molecule has 2 aliphatic rings. The lowest BCUT2D eigenvalue weighted by atomic mass is 9.81. The van der Waals surface area contributed by atoms with Gasteiger partial charge >= 0.3 is 0 Å². The molecule has 1 atom stereocenters. The van der Waals surface area contributed by atoms with Crippen molar-refractivity contribution in [1.29, 1.82) is 0 Å². The second kappa shape index (κ2) is 7.00. The topological polar surface area (TPSA) is 60.2 Å². The summed E-state index contributed by atoms with van der Waals surface area (Å²) in [6.07, 6.45) is 7.39. The van der Waals surface area contributed by atoms with Crippen molar-refractivity contribution < 1.29 is 9.53 Å². The average Bonchev–Trinajstić information content (AvgIpc) is 2.96. The fourth-order valence-electron chi connectivity index (χ4n) is 4.02. The van der Waals surface area contributed by atoms with Crippen molar-refractivity contribution in [3.8, 4) is 0 Å². The van der Waals surface area contributed by atoms with Crippen molar-refractivity contribution in [3.63, 3.8) is 0 Å². The highest BCUT2D eigenvalue weighted by atomic mass is 127. The minimum absolute atomic E-state index is 0.134. The molecule has 1 unspecified atom stereocenters. The number of aromatic nitrogens is 3. The van der Waals surface area contributed by atoms with E-state index < -0.39 is 0 Å². The second-order valence-corrected chi connectivity index (χ2v) is 8.39. The summed E-state index contributed by atoms with van der Waals surface area (Å²) in [5.41, 5.74) is 0.901. The standard InChI is InChI=1S/C17H20ClIN4O2/c1-22-6-7-25-14(17(22)24)10-2-4-11(5-3-10)23-8-12(19)13-15(18)20-9-21-16(13)23/h8-11,14H,2-7H2,1H3. The van der Waals surface area contributed by atoms with Gasteiger partial charge in [0, 0.05) is 29.4 Å². The molecule has 2 aromatic heterocycles. The molecule has 6 nitrogen and oxygen atoms in total. The number of likely N-dealkylation sites (N-methyl/N-ethyl adjacent to an activating group) is 1. The van der Waals surface area contributed by atoms with Gasteiger partial charge in [-0.05, 0) is 54.2 Å². The molecular formula is C17H20ClIN4O2. The summed E-state index contributed by atoms with van der Waals surface area (Å²) in [5.74, 6) is 0.445. The van der Waals surface area contributed by atoms with Gasteiger partial charge in [0.2, 0.25) is 0 Å². The van der Waals surface area contributed by atoms with Crippen LogP contribution in [0.3, 0.4) is 0 Å². The van der Waals surface area contributed by atoms with E-state index in [1.54, 1.807) is 4.90 Å². The van der Waals surface area contributed by atoms with Crippen molar-refractivity contribution >= 4 is 51.1 Å². The third-order valence-electron chi connectivity index (χ3n) is 5.42. The van der Waals surface area contributed by atoms with E-state index in [4.69, 9.17) is 16.3 Å². The minimum atomic E-state index is -0.266. The van der Waals surface area contributed by atoms with Gasteiger partial charge in [0.15, 0.2) is 0 Å². The summed E-state index contributed by atoms with van der Waals surface area (Å²) < 4.78 is 9.10. The number of carbonyl (C=O) groups excluding carboxylic acids is 1. The molecule has 0 bridgehead atoms. The van der Waals surface area contributed by atoms with Crippen molar-refractivity contribution in [1.82, 2.24) is 19.4 Å². The van der Waals surface area contributed by atoms with Gasteiger partial charge in [-0.3, -0.25) is 4.79 Å². The molecule has 0 spiro atoms. The average molecular weight is 475 g/mol. The van der Waals surface area contributed by atoms with Crippen LogP contribution >= 0.6 is 34.2 Å². The molecule has 8 heteroatoms. The van der Waals surface area contributed by atoms with Crippen LogP contribution in [0.2, 0.25) is 5.15 Å². The Labute approximate surface area is 165 Å². The van der Waals surface area contributed by atoms with Crippen LogP contribution in [-0.2, 0) is 9.53 Å². The van der Waals surface area contributed by atoms with E-state index in [0.717, 1.165) is 40.3 Å². The minimum Gasteiger partial charge on any atom is -0.366 e. The first kappa shape index (κ1) is 17.5. The number of carbonyl (C=O) groups is 1. The van der Waals surface area contributed by atoms with Crippen LogP contribution in [-0.4, -0.2) is 51.6 Å². The number of morpholine rings is 1. The molecule has 0 N–H and O–H groups in total. The molecule has 0 radical (unpaired) electrons. The van der Waals surface area contributed by atoms with Crippen LogP contribution in [0.25, 0.3) is 11.0 Å². The third kappa shape index (κ3) is 3.14. The summed E-state index contributed by atoms with van der Waals surface area (Å²) in [4.78, 5) is 22.7. The monoisotopic (exact) mass is 474 g/mol. The lowest BCUT2D eigenvalue weighted by Gasteiger charge is -2.38. The van der Waals surface area contributed by atoms with Crippen molar-refractivity contribution in [3.05, 3.63) is 21.2 Å². The van der Waals surface area contributed by atoms with Crippen LogP contribution in [0.5, 0.6) is 0 Å². The van der Waals surface area contributed by atoms with Gasteiger partial charge in [0.1, 0.15) is 23.2 Å². The molecule has 2 aromatic rings. The van der Waals surface area contributed by atoms with Gasteiger partial charge in [0.05, 0.1) is 12.0 Å². The molecule has 2 fully saturated rings. The quantitative estimate of drug-likeness (QED) is 0.495. The zero-order valence-corrected chi connectivity index (χ0v) is 16.9. The lowest BCUT2D eigenvalue weighted by molar-refractivity contribution is -0.157. The summed E-state index contributed by atoms with van der Waals surface area (Å²) in [6, 6.07) is 0.379. The van der Waals surface area contributed by atoms with Crippen LogP contribution in [0.4, 0.5) is 0 Å². The maximum absolute atomic E-state index is 12.4. The highest BCUT2D eigenvalue weighted by Gasteiger charge is 2.37. The van der Waals surface area contributed by atoms with E-state index in [1.807, 2.05) is 7.05 Å². The van der Waals surface area contributed by atoms with Gasteiger partial charge in [-0.2, -0.15) is 0 Å². The first-order valence-electron chi connectivity index (χ1n) is 8.59. The van der Waals surface area contributed by atoms with E-state index in [-0.39, 0.29) is 12.0 Å². The molecular weight excluding hydrogens is 455 g/mol. The molecule has 25 heavy (non-hydrogen) atoms. The van der Waals surface area contributed by atoms with Gasteiger partial charge in [-0.1, -0.05) is 11.6 Å².